The van der Waals surface area contributed by atoms with Crippen LogP contribution in [-0.4, -0.2) is 34.9 Å². The first-order valence-electron chi connectivity index (χ1n) is 6.61. The highest BCUT2D eigenvalue weighted by molar-refractivity contribution is 5.69. The fourth-order valence-electron chi connectivity index (χ4n) is 2.21. The second-order valence-electron chi connectivity index (χ2n) is 4.87. The lowest BCUT2D eigenvalue weighted by molar-refractivity contribution is -0.385. The predicted molar refractivity (Wildman–Crippen MR) is 79.6 cm³/mol. The van der Waals surface area contributed by atoms with Crippen LogP contribution < -0.4 is 0 Å². The van der Waals surface area contributed by atoms with Crippen LogP contribution in [0.25, 0.3) is 22.9 Å². The molecule has 3 rings (SSSR count). The summed E-state index contributed by atoms with van der Waals surface area (Å²) in [5.41, 5.74) is -0.276. The van der Waals surface area contributed by atoms with Crippen molar-refractivity contribution in [3.8, 4) is 34.4 Å². The first-order valence-corrected chi connectivity index (χ1v) is 6.61. The van der Waals surface area contributed by atoms with Gasteiger partial charge in [0, 0.05) is 18.7 Å². The van der Waals surface area contributed by atoms with Crippen LogP contribution in [0.2, 0.25) is 0 Å². The van der Waals surface area contributed by atoms with E-state index in [0.29, 0.717) is 0 Å². The maximum atomic E-state index is 13.2. The quantitative estimate of drug-likeness (QED) is 0.325. The Balaban J connectivity index is 2.14. The highest BCUT2D eigenvalue weighted by atomic mass is 19.1. The number of nitrogens with zero attached hydrogens (tertiary/aromatic N) is 5. The zero-order valence-electron chi connectivity index (χ0n) is 12.2. The molecule has 10 heteroatoms. The Morgan fingerprint density at radius 1 is 1.21 bits per heavy atom. The molecule has 0 saturated carbocycles. The van der Waals surface area contributed by atoms with E-state index in [-0.39, 0.29) is 22.9 Å². The molecule has 0 radical (unpaired) electrons. The zero-order valence-corrected chi connectivity index (χ0v) is 12.2. The number of phenols is 2. The number of hydrogen-bond acceptors (Lipinski definition) is 7. The molecule has 1 aromatic carbocycles. The molecule has 0 fully saturated rings. The molecule has 0 saturated heterocycles. The van der Waals surface area contributed by atoms with E-state index in [1.807, 2.05) is 0 Å². The number of nitro benzene ring substituents is 1. The van der Waals surface area contributed by atoms with Crippen molar-refractivity contribution in [1.29, 1.82) is 0 Å². The van der Waals surface area contributed by atoms with Crippen LogP contribution in [0.15, 0.2) is 30.3 Å². The van der Waals surface area contributed by atoms with Crippen molar-refractivity contribution in [1.82, 2.24) is 19.7 Å². The standard InChI is InChI=1S/C14H10FN5O4/c1-19-13(7-5-9(20(23)24)12(22)10(21)6-7)17-18-14(19)8-3-2-4-11(15)16-8/h2-6,21-22H,1H3. The molecular weight excluding hydrogens is 321 g/mol. The number of benzene rings is 1. The van der Waals surface area contributed by atoms with E-state index >= 15 is 0 Å². The smallest absolute Gasteiger partial charge is 0.315 e. The number of hydrogen-bond donors (Lipinski definition) is 2. The van der Waals surface area contributed by atoms with Crippen molar-refractivity contribution in [3.05, 3.63) is 46.4 Å². The van der Waals surface area contributed by atoms with E-state index in [9.17, 15) is 24.7 Å². The lowest BCUT2D eigenvalue weighted by atomic mass is 10.1. The van der Waals surface area contributed by atoms with Gasteiger partial charge >= 0.3 is 5.69 Å². The summed E-state index contributed by atoms with van der Waals surface area (Å²) in [6, 6.07) is 6.36. The number of nitro groups is 1. The summed E-state index contributed by atoms with van der Waals surface area (Å²) in [5.74, 6) is -1.77. The number of halogens is 1. The van der Waals surface area contributed by atoms with Gasteiger partial charge < -0.3 is 14.8 Å². The van der Waals surface area contributed by atoms with Gasteiger partial charge in [-0.05, 0) is 18.2 Å². The lowest BCUT2D eigenvalue weighted by Gasteiger charge is -2.06. The summed E-state index contributed by atoms with van der Waals surface area (Å²) < 4.78 is 14.7. The van der Waals surface area contributed by atoms with Gasteiger partial charge in [0.15, 0.2) is 17.4 Å². The third kappa shape index (κ3) is 2.49. The topological polar surface area (TPSA) is 127 Å². The minimum atomic E-state index is -0.835. The van der Waals surface area contributed by atoms with Gasteiger partial charge in [0.25, 0.3) is 0 Å². The summed E-state index contributed by atoms with van der Waals surface area (Å²) in [6.45, 7) is 0. The van der Waals surface area contributed by atoms with Gasteiger partial charge in [0.1, 0.15) is 5.69 Å². The number of aromatic hydroxyl groups is 2. The van der Waals surface area contributed by atoms with Crippen LogP contribution >= 0.6 is 0 Å². The Morgan fingerprint density at radius 2 is 1.92 bits per heavy atom. The highest BCUT2D eigenvalue weighted by Gasteiger charge is 2.22. The van der Waals surface area contributed by atoms with Crippen LogP contribution in [0.4, 0.5) is 10.1 Å². The normalized spacial score (nSPS) is 10.8. The summed E-state index contributed by atoms with van der Waals surface area (Å²) in [4.78, 5) is 13.8. The molecule has 0 unspecified atom stereocenters. The van der Waals surface area contributed by atoms with Gasteiger partial charge in [-0.15, -0.1) is 10.2 Å². The van der Waals surface area contributed by atoms with E-state index in [0.717, 1.165) is 12.1 Å². The Morgan fingerprint density at radius 3 is 2.58 bits per heavy atom. The average Bonchev–Trinajstić information content (AvgIpc) is 2.91. The van der Waals surface area contributed by atoms with E-state index in [1.165, 1.54) is 22.8 Å². The number of rotatable bonds is 3. The van der Waals surface area contributed by atoms with Gasteiger partial charge in [0.05, 0.1) is 4.92 Å². The Kier molecular flexibility index (Phi) is 3.56. The van der Waals surface area contributed by atoms with E-state index in [1.54, 1.807) is 7.05 Å². The van der Waals surface area contributed by atoms with Gasteiger partial charge in [0.2, 0.25) is 11.7 Å². The first kappa shape index (κ1) is 15.3. The molecule has 0 bridgehead atoms. The maximum absolute atomic E-state index is 13.2. The van der Waals surface area contributed by atoms with Crippen molar-refractivity contribution >= 4 is 5.69 Å². The molecule has 3 aromatic rings. The Bertz CT molecular complexity index is 956. The molecule has 9 nitrogen and oxygen atoms in total. The molecule has 0 spiro atoms. The SMILES string of the molecule is Cn1c(-c2cc(O)c(O)c([N+](=O)[O-])c2)nnc1-c1cccc(F)n1. The molecule has 2 heterocycles. The van der Waals surface area contributed by atoms with Crippen molar-refractivity contribution in [3.63, 3.8) is 0 Å². The third-order valence-electron chi connectivity index (χ3n) is 3.34. The Hall–Kier alpha value is -3.56. The average molecular weight is 331 g/mol. The fourth-order valence-corrected chi connectivity index (χ4v) is 2.21. The summed E-state index contributed by atoms with van der Waals surface area (Å²) in [5, 5.41) is 37.9. The number of pyridine rings is 1. The van der Waals surface area contributed by atoms with Gasteiger partial charge in [-0.1, -0.05) is 6.07 Å². The van der Waals surface area contributed by atoms with Crippen molar-refractivity contribution < 1.29 is 19.5 Å². The second kappa shape index (κ2) is 5.57. The monoisotopic (exact) mass is 331 g/mol. The van der Waals surface area contributed by atoms with Crippen LogP contribution in [0.3, 0.4) is 0 Å². The lowest BCUT2D eigenvalue weighted by Crippen LogP contribution is -1.99. The summed E-state index contributed by atoms with van der Waals surface area (Å²) in [6.07, 6.45) is 0. The van der Waals surface area contributed by atoms with Crippen LogP contribution in [0.1, 0.15) is 0 Å². The molecule has 2 N–H and O–H groups in total. The maximum Gasteiger partial charge on any atom is 0.315 e. The van der Waals surface area contributed by atoms with E-state index < -0.39 is 28.1 Å². The predicted octanol–water partition coefficient (Wildman–Crippen LogP) is 2.00. The summed E-state index contributed by atoms with van der Waals surface area (Å²) >= 11 is 0. The first-order chi connectivity index (χ1) is 11.4. The van der Waals surface area contributed by atoms with Crippen LogP contribution in [0.5, 0.6) is 11.5 Å². The van der Waals surface area contributed by atoms with Gasteiger partial charge in [-0.3, -0.25) is 10.1 Å². The van der Waals surface area contributed by atoms with Crippen LogP contribution in [-0.2, 0) is 7.05 Å². The molecular formula is C14H10FN5O4. The second-order valence-corrected chi connectivity index (χ2v) is 4.87. The Labute approximate surface area is 133 Å². The van der Waals surface area contributed by atoms with Crippen molar-refractivity contribution in [2.45, 2.75) is 0 Å². The molecule has 2 aromatic heterocycles. The van der Waals surface area contributed by atoms with E-state index in [2.05, 4.69) is 15.2 Å². The molecule has 0 aliphatic heterocycles. The molecule has 24 heavy (non-hydrogen) atoms. The minimum Gasteiger partial charge on any atom is -0.504 e. The molecule has 0 aliphatic carbocycles. The fraction of sp³-hybridized carbons (Fsp3) is 0.0714. The van der Waals surface area contributed by atoms with Gasteiger partial charge in [-0.2, -0.15) is 4.39 Å². The molecule has 0 amide bonds. The number of aromatic nitrogens is 4. The highest BCUT2D eigenvalue weighted by Crippen LogP contribution is 2.39. The molecule has 122 valence electrons. The van der Waals surface area contributed by atoms with E-state index in [4.69, 9.17) is 0 Å². The minimum absolute atomic E-state index is 0.162. The third-order valence-corrected chi connectivity index (χ3v) is 3.34. The summed E-state index contributed by atoms with van der Waals surface area (Å²) in [7, 11) is 1.56. The molecule has 0 atom stereocenters. The number of phenolic OH excluding ortho intramolecular Hbond substituents is 2. The largest absolute Gasteiger partial charge is 0.504 e. The molecule has 0 aliphatic rings. The van der Waals surface area contributed by atoms with Crippen molar-refractivity contribution in [2.24, 2.45) is 7.05 Å². The van der Waals surface area contributed by atoms with Crippen molar-refractivity contribution in [2.75, 3.05) is 0 Å². The zero-order chi connectivity index (χ0) is 17.4. The van der Waals surface area contributed by atoms with Gasteiger partial charge in [-0.25, -0.2) is 4.98 Å². The van der Waals surface area contributed by atoms with Crippen LogP contribution in [0, 0.1) is 16.1 Å².